The molecule has 1 fully saturated rings. The van der Waals surface area contributed by atoms with Gasteiger partial charge in [-0.25, -0.2) is 36.7 Å². The molecule has 240 valence electrons. The van der Waals surface area contributed by atoms with Crippen molar-refractivity contribution in [2.45, 2.75) is 32.9 Å². The molecular formula is C34H25F5N4O4. The van der Waals surface area contributed by atoms with Crippen LogP contribution in [0.5, 0.6) is 5.88 Å². The highest BCUT2D eigenvalue weighted by molar-refractivity contribution is 5.93. The molecule has 3 aromatic carbocycles. The lowest BCUT2D eigenvalue weighted by atomic mass is 9.87. The molecule has 0 aliphatic carbocycles. The van der Waals surface area contributed by atoms with Gasteiger partial charge in [-0.2, -0.15) is 5.26 Å². The topological polar surface area (TPSA) is 110 Å². The third-order valence-electron chi connectivity index (χ3n) is 8.15. The number of carboxylic acid groups (broad SMARTS) is 1. The quantitative estimate of drug-likeness (QED) is 0.178. The van der Waals surface area contributed by atoms with Crippen LogP contribution in [-0.4, -0.2) is 38.8 Å². The van der Waals surface area contributed by atoms with E-state index in [1.54, 1.807) is 10.6 Å². The van der Waals surface area contributed by atoms with E-state index in [2.05, 4.69) is 9.97 Å². The maximum atomic E-state index is 15.6. The minimum absolute atomic E-state index is 0.0217. The van der Waals surface area contributed by atoms with E-state index in [4.69, 9.17) is 14.7 Å². The van der Waals surface area contributed by atoms with E-state index in [-0.39, 0.29) is 63.7 Å². The first-order valence-electron chi connectivity index (χ1n) is 14.3. The van der Waals surface area contributed by atoms with Crippen LogP contribution >= 0.6 is 0 Å². The molecule has 1 aliphatic heterocycles. The van der Waals surface area contributed by atoms with E-state index < -0.39 is 58.7 Å². The molecule has 0 spiro atoms. The van der Waals surface area contributed by atoms with Gasteiger partial charge in [0.05, 0.1) is 53.2 Å². The number of nitrogens with zero attached hydrogens (tertiary/aromatic N) is 4. The monoisotopic (exact) mass is 648 g/mol. The summed E-state index contributed by atoms with van der Waals surface area (Å²) in [7, 11) is 0. The molecule has 0 amide bonds. The van der Waals surface area contributed by atoms with Crippen LogP contribution in [-0.2, 0) is 17.8 Å². The lowest BCUT2D eigenvalue weighted by Crippen LogP contribution is -2.27. The molecule has 13 heteroatoms. The van der Waals surface area contributed by atoms with Gasteiger partial charge in [0, 0.05) is 23.5 Å². The number of fused-ring (bicyclic) bond motifs is 1. The SMILES string of the molecule is CC1(C)COCC1n1c(Cc2cc(F)c(-c3cccc(OCc4c(F)cc(C#N)cc4F)n3)cc2F)nc2c(F)cc(C(=O)O)cc21. The number of imidazole rings is 1. The number of pyridine rings is 1. The number of nitriles is 1. The first-order chi connectivity index (χ1) is 22.4. The Kier molecular flexibility index (Phi) is 8.15. The maximum absolute atomic E-state index is 15.6. The Morgan fingerprint density at radius 2 is 1.77 bits per heavy atom. The van der Waals surface area contributed by atoms with Crippen molar-refractivity contribution in [3.05, 3.63) is 112 Å². The van der Waals surface area contributed by atoms with Crippen molar-refractivity contribution in [1.29, 1.82) is 5.26 Å². The minimum Gasteiger partial charge on any atom is -0.478 e. The van der Waals surface area contributed by atoms with E-state index in [0.29, 0.717) is 6.61 Å². The fraction of sp³-hybridized carbons (Fsp3) is 0.235. The summed E-state index contributed by atoms with van der Waals surface area (Å²) in [4.78, 5) is 20.3. The number of halogens is 5. The summed E-state index contributed by atoms with van der Waals surface area (Å²) in [6, 6.07) is 11.3. The summed E-state index contributed by atoms with van der Waals surface area (Å²) in [6.45, 7) is 3.86. The van der Waals surface area contributed by atoms with E-state index in [1.807, 2.05) is 13.8 Å². The smallest absolute Gasteiger partial charge is 0.335 e. The van der Waals surface area contributed by atoms with Gasteiger partial charge in [-0.3, -0.25) is 0 Å². The molecule has 1 aliphatic rings. The van der Waals surface area contributed by atoms with Crippen LogP contribution in [0.4, 0.5) is 22.0 Å². The summed E-state index contributed by atoms with van der Waals surface area (Å²) in [6.07, 6.45) is -0.259. The first-order valence-corrected chi connectivity index (χ1v) is 14.3. The van der Waals surface area contributed by atoms with Crippen LogP contribution in [0.1, 0.15) is 52.8 Å². The number of carbonyl (C=O) groups is 1. The molecule has 0 bridgehead atoms. The lowest BCUT2D eigenvalue weighted by molar-refractivity contribution is 0.0696. The van der Waals surface area contributed by atoms with Crippen molar-refractivity contribution in [3.8, 4) is 23.2 Å². The summed E-state index contributed by atoms with van der Waals surface area (Å²) in [5.74, 6) is -5.75. The normalized spacial score (nSPS) is 15.6. The standard InChI is InChI=1S/C34H25F5N4O4/c1-34(2)16-46-15-29(34)43-28-10-19(33(44)45)9-26(39)32(28)42-30(43)11-18-8-25(38)20(12-22(18)35)27-4-3-5-31(41-27)47-14-21-23(36)6-17(13-40)7-24(21)37/h3-10,12,29H,11,14-16H2,1-2H3,(H,44,45). The molecule has 47 heavy (non-hydrogen) atoms. The molecule has 0 radical (unpaired) electrons. The molecule has 1 unspecified atom stereocenters. The molecule has 3 heterocycles. The summed E-state index contributed by atoms with van der Waals surface area (Å²) < 4.78 is 87.6. The summed E-state index contributed by atoms with van der Waals surface area (Å²) >= 11 is 0. The van der Waals surface area contributed by atoms with Gasteiger partial charge < -0.3 is 19.1 Å². The third-order valence-corrected chi connectivity index (χ3v) is 8.15. The fourth-order valence-electron chi connectivity index (χ4n) is 5.66. The number of benzene rings is 3. The fourth-order valence-corrected chi connectivity index (χ4v) is 5.66. The van der Waals surface area contributed by atoms with Gasteiger partial charge in [-0.1, -0.05) is 19.9 Å². The number of ether oxygens (including phenoxy) is 2. The molecule has 5 aromatic rings. The van der Waals surface area contributed by atoms with E-state index in [0.717, 1.165) is 30.3 Å². The number of hydrogen-bond donors (Lipinski definition) is 1. The average Bonchev–Trinajstić information content (AvgIpc) is 3.56. The van der Waals surface area contributed by atoms with E-state index in [9.17, 15) is 18.7 Å². The molecule has 6 rings (SSSR count). The highest BCUT2D eigenvalue weighted by Gasteiger charge is 2.39. The minimum atomic E-state index is -1.33. The van der Waals surface area contributed by atoms with E-state index >= 15 is 13.2 Å². The molecule has 1 N–H and O–H groups in total. The number of rotatable bonds is 8. The Bertz CT molecular complexity index is 2080. The molecule has 8 nitrogen and oxygen atoms in total. The lowest BCUT2D eigenvalue weighted by Gasteiger charge is -2.28. The van der Waals surface area contributed by atoms with Crippen molar-refractivity contribution in [1.82, 2.24) is 14.5 Å². The second-order valence-electron chi connectivity index (χ2n) is 11.8. The van der Waals surface area contributed by atoms with Crippen molar-refractivity contribution in [2.24, 2.45) is 5.41 Å². The Balaban J connectivity index is 1.32. The van der Waals surface area contributed by atoms with Crippen LogP contribution in [0.15, 0.2) is 54.6 Å². The van der Waals surface area contributed by atoms with Crippen molar-refractivity contribution in [2.75, 3.05) is 13.2 Å². The zero-order chi connectivity index (χ0) is 33.6. The van der Waals surface area contributed by atoms with Crippen LogP contribution in [0, 0.1) is 45.8 Å². The number of aromatic carboxylic acids is 1. The summed E-state index contributed by atoms with van der Waals surface area (Å²) in [5, 5.41) is 18.4. The van der Waals surface area contributed by atoms with Crippen molar-refractivity contribution >= 4 is 17.0 Å². The van der Waals surface area contributed by atoms with Gasteiger partial charge in [-0.05, 0) is 48.0 Å². The third kappa shape index (κ3) is 5.99. The molecule has 0 saturated carbocycles. The highest BCUT2D eigenvalue weighted by atomic mass is 19.1. The van der Waals surface area contributed by atoms with Crippen molar-refractivity contribution in [3.63, 3.8) is 0 Å². The van der Waals surface area contributed by atoms with Crippen LogP contribution < -0.4 is 4.74 Å². The average molecular weight is 649 g/mol. The van der Waals surface area contributed by atoms with Gasteiger partial charge >= 0.3 is 5.97 Å². The highest BCUT2D eigenvalue weighted by Crippen LogP contribution is 2.41. The Morgan fingerprint density at radius 3 is 2.43 bits per heavy atom. The second kappa shape index (κ2) is 12.1. The number of hydrogen-bond acceptors (Lipinski definition) is 6. The Hall–Kier alpha value is -5.35. The van der Waals surface area contributed by atoms with Gasteiger partial charge in [0.1, 0.15) is 41.2 Å². The zero-order valence-electron chi connectivity index (χ0n) is 25.0. The summed E-state index contributed by atoms with van der Waals surface area (Å²) in [5.41, 5.74) is -1.64. The van der Waals surface area contributed by atoms with Crippen LogP contribution in [0.2, 0.25) is 0 Å². The molecule has 2 aromatic heterocycles. The van der Waals surface area contributed by atoms with E-state index in [1.165, 1.54) is 24.3 Å². The number of aromatic nitrogens is 3. The van der Waals surface area contributed by atoms with Crippen LogP contribution in [0.25, 0.3) is 22.3 Å². The predicted molar refractivity (Wildman–Crippen MR) is 158 cm³/mol. The first kappa shape index (κ1) is 31.6. The Labute approximate surface area is 264 Å². The molecular weight excluding hydrogens is 623 g/mol. The van der Waals surface area contributed by atoms with Gasteiger partial charge in [-0.15, -0.1) is 0 Å². The number of carboxylic acids is 1. The largest absolute Gasteiger partial charge is 0.478 e. The molecule has 1 atom stereocenters. The maximum Gasteiger partial charge on any atom is 0.335 e. The molecule has 1 saturated heterocycles. The predicted octanol–water partition coefficient (Wildman–Crippen LogP) is 7.13. The van der Waals surface area contributed by atoms with Gasteiger partial charge in [0.25, 0.3) is 0 Å². The zero-order valence-corrected chi connectivity index (χ0v) is 25.0. The second-order valence-corrected chi connectivity index (χ2v) is 11.8. The Morgan fingerprint density at radius 1 is 1.02 bits per heavy atom. The van der Waals surface area contributed by atoms with Gasteiger partial charge in [0.15, 0.2) is 5.82 Å². The van der Waals surface area contributed by atoms with Crippen molar-refractivity contribution < 1.29 is 41.3 Å². The van der Waals surface area contributed by atoms with Crippen LogP contribution in [0.3, 0.4) is 0 Å². The van der Waals surface area contributed by atoms with Gasteiger partial charge in [0.2, 0.25) is 5.88 Å².